The lowest BCUT2D eigenvalue weighted by Crippen LogP contribution is -2.35. The molecule has 0 radical (unpaired) electrons. The number of fused-ring (bicyclic) bond motifs is 2. The molecule has 0 bridgehead atoms. The Bertz CT molecular complexity index is 654. The average molecular weight is 301 g/mol. The molecule has 1 aliphatic heterocycles. The Morgan fingerprint density at radius 3 is 2.59 bits per heavy atom. The molecular formula is C17H23N3O2. The topological polar surface area (TPSA) is 66.1 Å². The van der Waals surface area contributed by atoms with Crippen molar-refractivity contribution in [3.05, 3.63) is 27.4 Å². The van der Waals surface area contributed by atoms with E-state index in [1.807, 2.05) is 11.8 Å². The second-order valence-electron chi connectivity index (χ2n) is 7.04. The second-order valence-corrected chi connectivity index (χ2v) is 7.04. The van der Waals surface area contributed by atoms with Crippen LogP contribution in [0, 0.1) is 24.7 Å². The van der Waals surface area contributed by atoms with Gasteiger partial charge in [-0.25, -0.2) is 4.98 Å². The van der Waals surface area contributed by atoms with Gasteiger partial charge in [-0.1, -0.05) is 12.8 Å². The molecule has 4 rings (SSSR count). The summed E-state index contributed by atoms with van der Waals surface area (Å²) >= 11 is 0. The van der Waals surface area contributed by atoms with Crippen LogP contribution < -0.4 is 5.56 Å². The summed E-state index contributed by atoms with van der Waals surface area (Å²) in [7, 11) is 0. The van der Waals surface area contributed by atoms with Crippen LogP contribution in [0.1, 0.15) is 42.8 Å². The summed E-state index contributed by atoms with van der Waals surface area (Å²) < 4.78 is 0. The number of H-pyrrole nitrogens is 1. The largest absolute Gasteiger partial charge is 0.342 e. The van der Waals surface area contributed by atoms with Crippen LogP contribution in [-0.4, -0.2) is 33.9 Å². The first-order chi connectivity index (χ1) is 10.6. The molecule has 3 aliphatic rings. The fraction of sp³-hybridized carbons (Fsp3) is 0.706. The zero-order chi connectivity index (χ0) is 15.3. The Morgan fingerprint density at radius 1 is 1.18 bits per heavy atom. The smallest absolute Gasteiger partial charge is 0.254 e. The molecular weight excluding hydrogens is 278 g/mol. The van der Waals surface area contributed by atoms with Gasteiger partial charge in [-0.2, -0.15) is 0 Å². The van der Waals surface area contributed by atoms with Crippen molar-refractivity contribution in [1.82, 2.24) is 14.9 Å². The minimum atomic E-state index is -0.0307. The SMILES string of the molecule is Cc1nc2c(c(=O)[nH]1)CCN(C(=O)C1[C@H]3CCCC[C@H]13)CC2. The molecule has 2 fully saturated rings. The molecule has 2 saturated carbocycles. The van der Waals surface area contributed by atoms with E-state index in [1.165, 1.54) is 25.7 Å². The van der Waals surface area contributed by atoms with E-state index in [4.69, 9.17) is 0 Å². The van der Waals surface area contributed by atoms with Crippen LogP contribution >= 0.6 is 0 Å². The summed E-state index contributed by atoms with van der Waals surface area (Å²) in [6, 6.07) is 0. The minimum Gasteiger partial charge on any atom is -0.342 e. The van der Waals surface area contributed by atoms with E-state index < -0.39 is 0 Å². The van der Waals surface area contributed by atoms with E-state index in [2.05, 4.69) is 9.97 Å². The van der Waals surface area contributed by atoms with Gasteiger partial charge >= 0.3 is 0 Å². The van der Waals surface area contributed by atoms with Crippen LogP contribution in [-0.2, 0) is 17.6 Å². The van der Waals surface area contributed by atoms with Crippen LogP contribution in [0.3, 0.4) is 0 Å². The molecule has 1 aromatic rings. The van der Waals surface area contributed by atoms with Crippen molar-refractivity contribution in [2.24, 2.45) is 17.8 Å². The lowest BCUT2D eigenvalue weighted by Gasteiger charge is -2.20. The second kappa shape index (κ2) is 5.21. The Balaban J connectivity index is 1.49. The maximum absolute atomic E-state index is 12.8. The number of aromatic nitrogens is 2. The predicted molar refractivity (Wildman–Crippen MR) is 82.5 cm³/mol. The summed E-state index contributed by atoms with van der Waals surface area (Å²) in [6.07, 6.45) is 6.37. The highest BCUT2D eigenvalue weighted by atomic mass is 16.2. The molecule has 0 aromatic carbocycles. The molecule has 0 unspecified atom stereocenters. The number of aryl methyl sites for hydroxylation is 1. The van der Waals surface area contributed by atoms with E-state index >= 15 is 0 Å². The van der Waals surface area contributed by atoms with Gasteiger partial charge in [-0.3, -0.25) is 9.59 Å². The molecule has 2 atom stereocenters. The zero-order valence-electron chi connectivity index (χ0n) is 13.1. The first kappa shape index (κ1) is 14.0. The maximum atomic E-state index is 12.8. The monoisotopic (exact) mass is 301 g/mol. The van der Waals surface area contributed by atoms with Crippen LogP contribution in [0.4, 0.5) is 0 Å². The van der Waals surface area contributed by atoms with Gasteiger partial charge in [0.2, 0.25) is 5.91 Å². The van der Waals surface area contributed by atoms with E-state index in [9.17, 15) is 9.59 Å². The predicted octanol–water partition coefficient (Wildman–Crippen LogP) is 1.44. The fourth-order valence-electron chi connectivity index (χ4n) is 4.52. The van der Waals surface area contributed by atoms with Gasteiger partial charge in [0.05, 0.1) is 5.69 Å². The molecule has 22 heavy (non-hydrogen) atoms. The van der Waals surface area contributed by atoms with Crippen LogP contribution in [0.5, 0.6) is 0 Å². The number of amides is 1. The van der Waals surface area contributed by atoms with Crippen LogP contribution in [0.25, 0.3) is 0 Å². The van der Waals surface area contributed by atoms with E-state index in [0.717, 1.165) is 11.3 Å². The summed E-state index contributed by atoms with van der Waals surface area (Å²) in [5.41, 5.74) is 1.62. The van der Waals surface area contributed by atoms with Crippen molar-refractivity contribution in [3.63, 3.8) is 0 Å². The van der Waals surface area contributed by atoms with Crippen LogP contribution in [0.15, 0.2) is 4.79 Å². The Hall–Kier alpha value is -1.65. The van der Waals surface area contributed by atoms with Gasteiger partial charge in [-0.05, 0) is 38.0 Å². The van der Waals surface area contributed by atoms with Gasteiger partial charge in [0, 0.05) is 31.0 Å². The highest BCUT2D eigenvalue weighted by molar-refractivity contribution is 5.82. The van der Waals surface area contributed by atoms with E-state index in [-0.39, 0.29) is 11.5 Å². The van der Waals surface area contributed by atoms with Crippen molar-refractivity contribution < 1.29 is 4.79 Å². The lowest BCUT2D eigenvalue weighted by molar-refractivity contribution is -0.133. The molecule has 1 amide bonds. The average Bonchev–Trinajstić information content (AvgIpc) is 3.25. The summed E-state index contributed by atoms with van der Waals surface area (Å²) in [6.45, 7) is 3.18. The highest BCUT2D eigenvalue weighted by Gasteiger charge is 2.55. The van der Waals surface area contributed by atoms with Crippen molar-refractivity contribution in [3.8, 4) is 0 Å². The standard InChI is InChI=1S/C17H23N3O2/c1-10-18-14-7-9-20(8-6-13(14)16(21)19-10)17(22)15-11-4-2-3-5-12(11)15/h11-12,15H,2-9H2,1H3,(H,18,19,21)/t11-,12-/m0/s1. The van der Waals surface area contributed by atoms with Crippen molar-refractivity contribution in [1.29, 1.82) is 0 Å². The number of nitrogens with zero attached hydrogens (tertiary/aromatic N) is 2. The lowest BCUT2D eigenvalue weighted by atomic mass is 10.0. The Labute approximate surface area is 130 Å². The van der Waals surface area contributed by atoms with Gasteiger partial charge < -0.3 is 9.88 Å². The number of hydrogen-bond donors (Lipinski definition) is 1. The van der Waals surface area contributed by atoms with Gasteiger partial charge in [0.25, 0.3) is 5.56 Å². The van der Waals surface area contributed by atoms with Gasteiger partial charge in [0.1, 0.15) is 5.82 Å². The highest BCUT2D eigenvalue weighted by Crippen LogP contribution is 2.56. The summed E-state index contributed by atoms with van der Waals surface area (Å²) in [4.78, 5) is 34.1. The molecule has 0 saturated heterocycles. The van der Waals surface area contributed by atoms with E-state index in [1.54, 1.807) is 0 Å². The normalized spacial score (nSPS) is 30.2. The maximum Gasteiger partial charge on any atom is 0.254 e. The van der Waals surface area contributed by atoms with Crippen LogP contribution in [0.2, 0.25) is 0 Å². The number of carbonyl (C=O) groups excluding carboxylic acids is 1. The minimum absolute atomic E-state index is 0.0307. The molecule has 0 spiro atoms. The molecule has 118 valence electrons. The third-order valence-electron chi connectivity index (χ3n) is 5.72. The third kappa shape index (κ3) is 2.27. The fourth-order valence-corrected chi connectivity index (χ4v) is 4.52. The first-order valence-corrected chi connectivity index (χ1v) is 8.52. The van der Waals surface area contributed by atoms with Crippen molar-refractivity contribution >= 4 is 5.91 Å². The third-order valence-corrected chi connectivity index (χ3v) is 5.72. The Kier molecular flexibility index (Phi) is 3.31. The number of rotatable bonds is 1. The molecule has 2 heterocycles. The quantitative estimate of drug-likeness (QED) is 0.853. The van der Waals surface area contributed by atoms with Gasteiger partial charge in [-0.15, -0.1) is 0 Å². The number of hydrogen-bond acceptors (Lipinski definition) is 3. The molecule has 1 aromatic heterocycles. The van der Waals surface area contributed by atoms with Crippen molar-refractivity contribution in [2.45, 2.75) is 45.4 Å². The Morgan fingerprint density at radius 2 is 1.86 bits per heavy atom. The first-order valence-electron chi connectivity index (χ1n) is 8.52. The summed E-state index contributed by atoms with van der Waals surface area (Å²) in [5, 5.41) is 0. The van der Waals surface area contributed by atoms with E-state index in [0.29, 0.717) is 49.5 Å². The number of carbonyl (C=O) groups is 1. The van der Waals surface area contributed by atoms with Gasteiger partial charge in [0.15, 0.2) is 0 Å². The zero-order valence-corrected chi connectivity index (χ0v) is 13.1. The molecule has 1 N–H and O–H groups in total. The molecule has 5 heteroatoms. The molecule has 5 nitrogen and oxygen atoms in total. The number of aromatic amines is 1. The van der Waals surface area contributed by atoms with Crippen molar-refractivity contribution in [2.75, 3.05) is 13.1 Å². The molecule has 2 aliphatic carbocycles. The number of nitrogens with one attached hydrogen (secondary N) is 1. The summed E-state index contributed by atoms with van der Waals surface area (Å²) in [5.74, 6) is 2.57.